The largest absolute Gasteiger partial charge is 0.496 e. The number of carbonyl (C=O) groups is 1. The molecule has 1 amide bonds. The number of anilines is 1. The number of nitrogens with zero attached hydrogens (tertiary/aromatic N) is 2. The van der Waals surface area contributed by atoms with Crippen molar-refractivity contribution in [3.8, 4) is 11.5 Å². The van der Waals surface area contributed by atoms with E-state index in [4.69, 9.17) is 15.3 Å². The van der Waals surface area contributed by atoms with Crippen LogP contribution >= 0.6 is 0 Å². The number of amides is 1. The quantitative estimate of drug-likeness (QED) is 0.148. The first-order chi connectivity index (χ1) is 19.4. The SMILES string of the molecule is C=C/C=C(C)/C(=C(C)/C=C\C)c1ccccc1C(=O)N1CCN(CCCOc2c(NN)ccc(OC)c2C)CC1. The Hall–Kier alpha value is -3.81. The van der Waals surface area contributed by atoms with Crippen molar-refractivity contribution in [2.24, 2.45) is 5.84 Å². The summed E-state index contributed by atoms with van der Waals surface area (Å²) in [5.41, 5.74) is 9.31. The van der Waals surface area contributed by atoms with Gasteiger partial charge in [-0.15, -0.1) is 0 Å². The second-order valence-corrected chi connectivity index (χ2v) is 9.94. The number of ether oxygens (including phenoxy) is 2. The third kappa shape index (κ3) is 7.43. The molecule has 7 nitrogen and oxygen atoms in total. The summed E-state index contributed by atoms with van der Waals surface area (Å²) < 4.78 is 11.5. The van der Waals surface area contributed by atoms with Crippen LogP contribution in [0.4, 0.5) is 5.69 Å². The lowest BCUT2D eigenvalue weighted by atomic mass is 9.89. The van der Waals surface area contributed by atoms with Crippen LogP contribution < -0.4 is 20.7 Å². The van der Waals surface area contributed by atoms with Gasteiger partial charge in [0.2, 0.25) is 0 Å². The molecule has 0 unspecified atom stereocenters. The van der Waals surface area contributed by atoms with Crippen LogP contribution in [0.25, 0.3) is 5.57 Å². The lowest BCUT2D eigenvalue weighted by Gasteiger charge is -2.35. The Balaban J connectivity index is 1.62. The molecule has 3 rings (SSSR count). The smallest absolute Gasteiger partial charge is 0.254 e. The molecule has 0 bridgehead atoms. The van der Waals surface area contributed by atoms with Gasteiger partial charge in [0.15, 0.2) is 0 Å². The number of allylic oxidation sites excluding steroid dienone is 7. The Kier molecular flexibility index (Phi) is 11.6. The minimum Gasteiger partial charge on any atom is -0.496 e. The topological polar surface area (TPSA) is 80.1 Å². The van der Waals surface area contributed by atoms with Crippen LogP contribution in [0, 0.1) is 6.92 Å². The monoisotopic (exact) mass is 544 g/mol. The highest BCUT2D eigenvalue weighted by Crippen LogP contribution is 2.35. The van der Waals surface area contributed by atoms with Gasteiger partial charge in [0.25, 0.3) is 5.91 Å². The number of nitrogens with two attached hydrogens (primary N) is 1. The van der Waals surface area contributed by atoms with E-state index >= 15 is 0 Å². The van der Waals surface area contributed by atoms with Gasteiger partial charge in [0.05, 0.1) is 19.4 Å². The van der Waals surface area contributed by atoms with E-state index in [0.717, 1.165) is 70.9 Å². The number of hydrogen-bond acceptors (Lipinski definition) is 6. The second kappa shape index (κ2) is 15.1. The molecule has 2 aromatic carbocycles. The molecule has 1 fully saturated rings. The van der Waals surface area contributed by atoms with Crippen LogP contribution in [0.3, 0.4) is 0 Å². The lowest BCUT2D eigenvalue weighted by molar-refractivity contribution is 0.0630. The summed E-state index contributed by atoms with van der Waals surface area (Å²) in [5.74, 6) is 7.23. The van der Waals surface area contributed by atoms with Crippen molar-refractivity contribution < 1.29 is 14.3 Å². The average Bonchev–Trinajstić information content (AvgIpc) is 2.96. The predicted molar refractivity (Wildman–Crippen MR) is 166 cm³/mol. The number of hydrazine groups is 1. The molecule has 0 atom stereocenters. The Morgan fingerprint density at radius 3 is 2.42 bits per heavy atom. The van der Waals surface area contributed by atoms with Crippen molar-refractivity contribution in [1.29, 1.82) is 0 Å². The zero-order chi connectivity index (χ0) is 29.1. The van der Waals surface area contributed by atoms with Gasteiger partial charge in [0, 0.05) is 43.9 Å². The third-order valence-corrected chi connectivity index (χ3v) is 7.26. The van der Waals surface area contributed by atoms with Crippen molar-refractivity contribution >= 4 is 17.2 Å². The fourth-order valence-electron chi connectivity index (χ4n) is 5.22. The molecule has 1 aliphatic rings. The van der Waals surface area contributed by atoms with Crippen LogP contribution in [0.5, 0.6) is 11.5 Å². The van der Waals surface area contributed by atoms with Gasteiger partial charge in [-0.3, -0.25) is 15.5 Å². The number of nitrogens with one attached hydrogen (secondary N) is 1. The molecule has 0 aliphatic carbocycles. The number of rotatable bonds is 12. The molecular weight excluding hydrogens is 500 g/mol. The van der Waals surface area contributed by atoms with Crippen molar-refractivity contribution in [2.45, 2.75) is 34.1 Å². The molecule has 214 valence electrons. The van der Waals surface area contributed by atoms with Gasteiger partial charge in [-0.25, -0.2) is 0 Å². The molecule has 1 heterocycles. The number of methoxy groups -OCH3 is 1. The summed E-state index contributed by atoms with van der Waals surface area (Å²) in [6.45, 7) is 16.5. The molecule has 40 heavy (non-hydrogen) atoms. The summed E-state index contributed by atoms with van der Waals surface area (Å²) in [6, 6.07) is 11.6. The van der Waals surface area contributed by atoms with Crippen LogP contribution in [0.2, 0.25) is 0 Å². The average molecular weight is 545 g/mol. The minimum atomic E-state index is 0.0751. The van der Waals surface area contributed by atoms with Crippen LogP contribution in [0.15, 0.2) is 78.4 Å². The highest BCUT2D eigenvalue weighted by Gasteiger charge is 2.25. The molecule has 1 saturated heterocycles. The Morgan fingerprint density at radius 2 is 1.80 bits per heavy atom. The number of carbonyl (C=O) groups excluding carboxylic acids is 1. The summed E-state index contributed by atoms with van der Waals surface area (Å²) in [6.07, 6.45) is 8.76. The molecule has 0 radical (unpaired) electrons. The van der Waals surface area contributed by atoms with E-state index in [-0.39, 0.29) is 5.91 Å². The molecule has 1 aliphatic heterocycles. The highest BCUT2D eigenvalue weighted by atomic mass is 16.5. The molecule has 0 saturated carbocycles. The second-order valence-electron chi connectivity index (χ2n) is 9.94. The van der Waals surface area contributed by atoms with E-state index in [0.29, 0.717) is 25.4 Å². The fourth-order valence-corrected chi connectivity index (χ4v) is 5.22. The van der Waals surface area contributed by atoms with Crippen molar-refractivity contribution in [3.63, 3.8) is 0 Å². The van der Waals surface area contributed by atoms with E-state index in [2.05, 4.69) is 36.8 Å². The number of benzene rings is 2. The van der Waals surface area contributed by atoms with E-state index in [1.165, 1.54) is 0 Å². The van der Waals surface area contributed by atoms with Gasteiger partial charge in [0.1, 0.15) is 11.5 Å². The van der Waals surface area contributed by atoms with E-state index < -0.39 is 0 Å². The Labute approximate surface area is 239 Å². The highest BCUT2D eigenvalue weighted by molar-refractivity contribution is 6.01. The third-order valence-electron chi connectivity index (χ3n) is 7.26. The van der Waals surface area contributed by atoms with E-state index in [9.17, 15) is 4.79 Å². The maximum Gasteiger partial charge on any atom is 0.254 e. The summed E-state index contributed by atoms with van der Waals surface area (Å²) in [4.78, 5) is 18.1. The number of nitrogen functional groups attached to an aromatic ring is 1. The van der Waals surface area contributed by atoms with Crippen molar-refractivity contribution in [2.75, 3.05) is 51.9 Å². The normalized spacial score (nSPS) is 15.2. The van der Waals surface area contributed by atoms with Crippen LogP contribution in [-0.4, -0.2) is 62.1 Å². The summed E-state index contributed by atoms with van der Waals surface area (Å²) in [7, 11) is 1.64. The van der Waals surface area contributed by atoms with E-state index in [1.807, 2.05) is 67.3 Å². The van der Waals surface area contributed by atoms with Gasteiger partial charge >= 0.3 is 0 Å². The van der Waals surface area contributed by atoms with Gasteiger partial charge in [-0.1, -0.05) is 49.1 Å². The van der Waals surface area contributed by atoms with Gasteiger partial charge in [-0.05, 0) is 74.6 Å². The first-order valence-electron chi connectivity index (χ1n) is 13.9. The van der Waals surface area contributed by atoms with E-state index in [1.54, 1.807) is 13.2 Å². The Morgan fingerprint density at radius 1 is 1.10 bits per heavy atom. The molecule has 3 N–H and O–H groups in total. The lowest BCUT2D eigenvalue weighted by Crippen LogP contribution is -2.49. The van der Waals surface area contributed by atoms with Gasteiger partial charge < -0.3 is 19.8 Å². The predicted octanol–water partition coefficient (Wildman–Crippen LogP) is 6.00. The van der Waals surface area contributed by atoms with Crippen LogP contribution in [-0.2, 0) is 0 Å². The molecule has 0 spiro atoms. The molecule has 7 heteroatoms. The fraction of sp³-hybridized carbons (Fsp3) is 0.364. The zero-order valence-corrected chi connectivity index (χ0v) is 24.6. The first kappa shape index (κ1) is 30.7. The molecular formula is C33H44N4O3. The first-order valence-corrected chi connectivity index (χ1v) is 13.9. The minimum absolute atomic E-state index is 0.0751. The maximum absolute atomic E-state index is 13.7. The van der Waals surface area contributed by atoms with Gasteiger partial charge in [-0.2, -0.15) is 0 Å². The standard InChI is InChI=1S/C33H44N4O3/c1-7-12-24(3)31(25(4)13-8-2)27-14-9-10-15-28(27)33(38)37-21-19-36(20-22-37)18-11-23-40-32-26(5)30(39-6)17-16-29(32)35-34/h7-10,12-17,35H,1,11,18-23,34H2,2-6H3/b13-8-,24-12+,31-25-. The molecule has 2 aromatic rings. The van der Waals surface area contributed by atoms with Crippen LogP contribution in [0.1, 0.15) is 48.7 Å². The zero-order valence-electron chi connectivity index (χ0n) is 24.6. The Bertz CT molecular complexity index is 1270. The number of piperazine rings is 1. The molecule has 0 aromatic heterocycles. The van der Waals surface area contributed by atoms with Crippen molar-refractivity contribution in [1.82, 2.24) is 9.80 Å². The summed E-state index contributed by atoms with van der Waals surface area (Å²) in [5, 5.41) is 0. The van der Waals surface area contributed by atoms with Crippen molar-refractivity contribution in [3.05, 3.63) is 95.1 Å². The maximum atomic E-state index is 13.7. The summed E-state index contributed by atoms with van der Waals surface area (Å²) >= 11 is 0. The number of hydrogen-bond donors (Lipinski definition) is 2.